The van der Waals surface area contributed by atoms with Crippen LogP contribution in [0.4, 0.5) is 11.5 Å². The molecular formula is C11H16ClN3O4. The lowest BCUT2D eigenvalue weighted by Crippen LogP contribution is -2.10. The van der Waals surface area contributed by atoms with Gasteiger partial charge in [-0.15, -0.1) is 0 Å². The van der Waals surface area contributed by atoms with Crippen molar-refractivity contribution in [3.63, 3.8) is 0 Å². The monoisotopic (exact) mass is 289 g/mol. The summed E-state index contributed by atoms with van der Waals surface area (Å²) in [4.78, 5) is 14.2. The van der Waals surface area contributed by atoms with Gasteiger partial charge in [-0.1, -0.05) is 11.6 Å². The summed E-state index contributed by atoms with van der Waals surface area (Å²) in [6.07, 6.45) is 0.703. The Labute approximate surface area is 116 Å². The quantitative estimate of drug-likeness (QED) is 0.324. The van der Waals surface area contributed by atoms with Gasteiger partial charge in [0.2, 0.25) is 5.82 Å². The molecule has 0 aliphatic rings. The first kappa shape index (κ1) is 15.6. The van der Waals surface area contributed by atoms with Gasteiger partial charge in [-0.25, -0.2) is 4.98 Å². The summed E-state index contributed by atoms with van der Waals surface area (Å²) in [7, 11) is 1.61. The van der Waals surface area contributed by atoms with Crippen molar-refractivity contribution in [2.75, 3.05) is 38.8 Å². The van der Waals surface area contributed by atoms with Gasteiger partial charge in [0.15, 0.2) is 0 Å². The van der Waals surface area contributed by atoms with Gasteiger partial charge in [0.05, 0.1) is 18.1 Å². The van der Waals surface area contributed by atoms with E-state index in [4.69, 9.17) is 21.1 Å². The van der Waals surface area contributed by atoms with Gasteiger partial charge < -0.3 is 14.8 Å². The third-order valence-electron chi connectivity index (χ3n) is 2.23. The minimum absolute atomic E-state index is 0.0929. The van der Waals surface area contributed by atoms with Crippen LogP contribution in [0.5, 0.6) is 0 Å². The summed E-state index contributed by atoms with van der Waals surface area (Å²) in [6, 6.07) is 2.71. The Balaban J connectivity index is 2.36. The molecule has 0 unspecified atom stereocenters. The number of hydrogen-bond donors (Lipinski definition) is 1. The number of hydrogen-bond acceptors (Lipinski definition) is 6. The van der Waals surface area contributed by atoms with E-state index in [0.717, 1.165) is 0 Å². The predicted octanol–water partition coefficient (Wildman–Crippen LogP) is 2.11. The van der Waals surface area contributed by atoms with Gasteiger partial charge in [0.1, 0.15) is 5.15 Å². The zero-order valence-corrected chi connectivity index (χ0v) is 11.4. The molecule has 0 spiro atoms. The Morgan fingerprint density at radius 3 is 2.89 bits per heavy atom. The van der Waals surface area contributed by atoms with Crippen molar-refractivity contribution in [3.8, 4) is 0 Å². The molecule has 106 valence electrons. The fourth-order valence-corrected chi connectivity index (χ4v) is 1.48. The largest absolute Gasteiger partial charge is 0.382 e. The van der Waals surface area contributed by atoms with Gasteiger partial charge in [-0.3, -0.25) is 10.1 Å². The van der Waals surface area contributed by atoms with Crippen LogP contribution >= 0.6 is 11.6 Å². The van der Waals surface area contributed by atoms with Crippen molar-refractivity contribution in [2.45, 2.75) is 6.42 Å². The smallest absolute Gasteiger partial charge is 0.311 e. The van der Waals surface area contributed by atoms with Crippen LogP contribution in [0.3, 0.4) is 0 Å². The van der Waals surface area contributed by atoms with E-state index in [1.807, 2.05) is 0 Å². The van der Waals surface area contributed by atoms with Gasteiger partial charge in [0, 0.05) is 26.3 Å². The Morgan fingerprint density at radius 1 is 1.42 bits per heavy atom. The van der Waals surface area contributed by atoms with Gasteiger partial charge in [-0.05, 0) is 12.5 Å². The molecule has 0 amide bonds. The van der Waals surface area contributed by atoms with Crippen molar-refractivity contribution in [1.82, 2.24) is 4.98 Å². The second-order valence-corrected chi connectivity index (χ2v) is 4.03. The predicted molar refractivity (Wildman–Crippen MR) is 71.7 cm³/mol. The van der Waals surface area contributed by atoms with Crippen LogP contribution in [-0.2, 0) is 9.47 Å². The molecule has 0 atom stereocenters. The Hall–Kier alpha value is -1.44. The number of halogens is 1. The van der Waals surface area contributed by atoms with Crippen LogP contribution in [0.25, 0.3) is 0 Å². The number of aromatic nitrogens is 1. The van der Waals surface area contributed by atoms with Crippen molar-refractivity contribution in [3.05, 3.63) is 27.4 Å². The number of pyridine rings is 1. The highest BCUT2D eigenvalue weighted by Crippen LogP contribution is 2.23. The van der Waals surface area contributed by atoms with Crippen molar-refractivity contribution in [2.24, 2.45) is 0 Å². The maximum Gasteiger partial charge on any atom is 0.311 e. The molecule has 0 radical (unpaired) electrons. The molecule has 0 fully saturated rings. The third-order valence-corrected chi connectivity index (χ3v) is 2.44. The molecule has 0 saturated carbocycles. The summed E-state index contributed by atoms with van der Waals surface area (Å²) in [5.41, 5.74) is -0.0929. The maximum absolute atomic E-state index is 10.8. The molecular weight excluding hydrogens is 274 g/mol. The number of nitrogens with one attached hydrogen (secondary N) is 1. The molecule has 7 nitrogen and oxygen atoms in total. The lowest BCUT2D eigenvalue weighted by molar-refractivity contribution is -0.384. The van der Waals surface area contributed by atoms with Crippen LogP contribution in [-0.4, -0.2) is 43.4 Å². The van der Waals surface area contributed by atoms with E-state index in [0.29, 0.717) is 32.8 Å². The lowest BCUT2D eigenvalue weighted by atomic mass is 10.3. The average Bonchev–Trinajstić information content (AvgIpc) is 2.37. The minimum Gasteiger partial charge on any atom is -0.382 e. The van der Waals surface area contributed by atoms with Crippen LogP contribution in [0, 0.1) is 10.1 Å². The molecule has 1 aromatic heterocycles. The maximum atomic E-state index is 10.8. The van der Waals surface area contributed by atoms with Crippen molar-refractivity contribution >= 4 is 23.1 Å². The highest BCUT2D eigenvalue weighted by atomic mass is 35.5. The number of anilines is 1. The van der Waals surface area contributed by atoms with E-state index < -0.39 is 4.92 Å². The molecule has 0 bridgehead atoms. The van der Waals surface area contributed by atoms with Gasteiger partial charge in [-0.2, -0.15) is 0 Å². The fraction of sp³-hybridized carbons (Fsp3) is 0.545. The van der Waals surface area contributed by atoms with E-state index in [2.05, 4.69) is 10.3 Å². The van der Waals surface area contributed by atoms with Gasteiger partial charge in [0.25, 0.3) is 0 Å². The number of ether oxygens (including phenoxy) is 2. The summed E-state index contributed by atoms with van der Waals surface area (Å²) in [5.74, 6) is 0.175. The Kier molecular flexibility index (Phi) is 7.09. The lowest BCUT2D eigenvalue weighted by Gasteiger charge is -2.07. The zero-order chi connectivity index (χ0) is 14.1. The molecule has 0 aliphatic carbocycles. The number of nitrogens with zero attached hydrogens (tertiary/aromatic N) is 2. The van der Waals surface area contributed by atoms with Crippen LogP contribution in [0.15, 0.2) is 12.1 Å². The Morgan fingerprint density at radius 2 is 2.21 bits per heavy atom. The van der Waals surface area contributed by atoms with E-state index in [1.54, 1.807) is 7.11 Å². The summed E-state index contributed by atoms with van der Waals surface area (Å²) in [5, 5.41) is 13.9. The summed E-state index contributed by atoms with van der Waals surface area (Å²) < 4.78 is 10.1. The average molecular weight is 290 g/mol. The van der Waals surface area contributed by atoms with Gasteiger partial charge >= 0.3 is 5.69 Å². The first-order valence-corrected chi connectivity index (χ1v) is 6.14. The molecule has 1 rings (SSSR count). The van der Waals surface area contributed by atoms with E-state index >= 15 is 0 Å². The normalized spacial score (nSPS) is 10.4. The molecule has 8 heteroatoms. The first-order valence-electron chi connectivity index (χ1n) is 5.76. The Bertz CT molecular complexity index is 417. The molecule has 1 N–H and O–H groups in total. The van der Waals surface area contributed by atoms with E-state index in [9.17, 15) is 10.1 Å². The zero-order valence-electron chi connectivity index (χ0n) is 10.6. The van der Waals surface area contributed by atoms with Crippen molar-refractivity contribution < 1.29 is 14.4 Å². The SMILES string of the molecule is COCCOCCCNc1nc(Cl)ccc1[N+](=O)[O-]. The summed E-state index contributed by atoms with van der Waals surface area (Å²) >= 11 is 5.71. The fourth-order valence-electron chi connectivity index (χ4n) is 1.33. The molecule has 1 aromatic rings. The molecule has 1 heterocycles. The molecule has 19 heavy (non-hydrogen) atoms. The van der Waals surface area contributed by atoms with E-state index in [-0.39, 0.29) is 16.7 Å². The second-order valence-electron chi connectivity index (χ2n) is 3.64. The van der Waals surface area contributed by atoms with Crippen LogP contribution in [0.2, 0.25) is 5.15 Å². The summed E-state index contributed by atoms with van der Waals surface area (Å²) in [6.45, 7) is 2.15. The topological polar surface area (TPSA) is 86.5 Å². The van der Waals surface area contributed by atoms with Crippen LogP contribution < -0.4 is 5.32 Å². The highest BCUT2D eigenvalue weighted by molar-refractivity contribution is 6.29. The minimum atomic E-state index is -0.499. The molecule has 0 saturated heterocycles. The first-order chi connectivity index (χ1) is 9.15. The highest BCUT2D eigenvalue weighted by Gasteiger charge is 2.14. The second kappa shape index (κ2) is 8.63. The number of nitro groups is 1. The third kappa shape index (κ3) is 5.82. The van der Waals surface area contributed by atoms with Crippen LogP contribution in [0.1, 0.15) is 6.42 Å². The van der Waals surface area contributed by atoms with Crippen molar-refractivity contribution in [1.29, 1.82) is 0 Å². The standard InChI is InChI=1S/C11H16ClN3O4/c1-18-7-8-19-6-2-5-13-11-9(15(16)17)3-4-10(12)14-11/h3-4H,2,5-8H2,1H3,(H,13,14). The van der Waals surface area contributed by atoms with E-state index in [1.165, 1.54) is 12.1 Å². The number of methoxy groups -OCH3 is 1. The molecule has 0 aliphatic heterocycles. The molecule has 0 aromatic carbocycles. The number of rotatable bonds is 9.